The van der Waals surface area contributed by atoms with Crippen LogP contribution in [0.2, 0.25) is 0 Å². The maximum atomic E-state index is 12.0. The Kier molecular flexibility index (Phi) is 2.70. The molecule has 0 spiro atoms. The number of nitrogens with one attached hydrogen (secondary N) is 1. The van der Waals surface area contributed by atoms with Crippen LogP contribution in [0.15, 0.2) is 29.4 Å². The molecule has 7 heteroatoms. The predicted octanol–water partition coefficient (Wildman–Crippen LogP) is 1.60. The van der Waals surface area contributed by atoms with Gasteiger partial charge in [-0.15, -0.1) is 0 Å². The second-order valence-corrected chi connectivity index (χ2v) is 6.30. The molecule has 0 bridgehead atoms. The van der Waals surface area contributed by atoms with Gasteiger partial charge in [-0.3, -0.25) is 5.10 Å². The average Bonchev–Trinajstić information content (AvgIpc) is 3.06. The fourth-order valence-corrected chi connectivity index (χ4v) is 2.91. The molecule has 0 aliphatic carbocycles. The lowest BCUT2D eigenvalue weighted by Gasteiger charge is -2.04. The quantitative estimate of drug-likeness (QED) is 0.923. The molecule has 19 heavy (non-hydrogen) atoms. The zero-order chi connectivity index (χ0) is 13.5. The van der Waals surface area contributed by atoms with E-state index in [4.69, 9.17) is 9.47 Å². The summed E-state index contributed by atoms with van der Waals surface area (Å²) in [7, 11) is -3.34. The molecular weight excluding hydrogens is 268 g/mol. The van der Waals surface area contributed by atoms with Crippen molar-refractivity contribution in [3.05, 3.63) is 24.4 Å². The van der Waals surface area contributed by atoms with E-state index in [0.717, 1.165) is 5.56 Å². The van der Waals surface area contributed by atoms with Crippen LogP contribution in [-0.2, 0) is 9.84 Å². The van der Waals surface area contributed by atoms with Gasteiger partial charge in [0, 0.05) is 5.56 Å². The van der Waals surface area contributed by atoms with E-state index in [1.54, 1.807) is 25.1 Å². The third-order valence-corrected chi connectivity index (χ3v) is 4.67. The summed E-state index contributed by atoms with van der Waals surface area (Å²) in [6.07, 6.45) is 1.50. The lowest BCUT2D eigenvalue weighted by atomic mass is 10.1. The Balaban J connectivity index is 2.11. The molecule has 6 nitrogen and oxygen atoms in total. The fraction of sp³-hybridized carbons (Fsp3) is 0.250. The van der Waals surface area contributed by atoms with E-state index in [1.165, 1.54) is 6.20 Å². The summed E-state index contributed by atoms with van der Waals surface area (Å²) < 4.78 is 34.4. The maximum Gasteiger partial charge on any atom is 0.231 e. The highest BCUT2D eigenvalue weighted by molar-refractivity contribution is 7.91. The summed E-state index contributed by atoms with van der Waals surface area (Å²) in [5.74, 6) is 1.29. The minimum absolute atomic E-state index is 0.0206. The number of nitrogens with zero attached hydrogens (tertiary/aromatic N) is 1. The van der Waals surface area contributed by atoms with E-state index < -0.39 is 9.84 Å². The van der Waals surface area contributed by atoms with Crippen LogP contribution in [0.4, 0.5) is 0 Å². The van der Waals surface area contributed by atoms with Gasteiger partial charge in [-0.1, -0.05) is 13.0 Å². The summed E-state index contributed by atoms with van der Waals surface area (Å²) in [4.78, 5) is 0. The highest BCUT2D eigenvalue weighted by atomic mass is 32.2. The predicted molar refractivity (Wildman–Crippen MR) is 67.9 cm³/mol. The van der Waals surface area contributed by atoms with Crippen molar-refractivity contribution < 1.29 is 17.9 Å². The molecule has 0 fully saturated rings. The van der Waals surface area contributed by atoms with E-state index in [9.17, 15) is 8.42 Å². The molecule has 1 aliphatic rings. The monoisotopic (exact) mass is 280 g/mol. The van der Waals surface area contributed by atoms with Gasteiger partial charge < -0.3 is 9.47 Å². The second-order valence-electron chi connectivity index (χ2n) is 4.08. The van der Waals surface area contributed by atoms with Crippen molar-refractivity contribution in [1.29, 1.82) is 0 Å². The number of aromatic amines is 1. The summed E-state index contributed by atoms with van der Waals surface area (Å²) in [6, 6.07) is 5.29. The van der Waals surface area contributed by atoms with Gasteiger partial charge >= 0.3 is 0 Å². The Morgan fingerprint density at radius 3 is 2.89 bits per heavy atom. The molecule has 0 saturated carbocycles. The van der Waals surface area contributed by atoms with Crippen LogP contribution >= 0.6 is 0 Å². The molecule has 0 atom stereocenters. The summed E-state index contributed by atoms with van der Waals surface area (Å²) in [6.45, 7) is 1.78. The van der Waals surface area contributed by atoms with Crippen LogP contribution in [0.25, 0.3) is 11.1 Å². The van der Waals surface area contributed by atoms with E-state index in [2.05, 4.69) is 10.2 Å². The highest BCUT2D eigenvalue weighted by Crippen LogP contribution is 2.37. The zero-order valence-corrected chi connectivity index (χ0v) is 11.0. The first-order chi connectivity index (χ1) is 9.12. The van der Waals surface area contributed by atoms with Crippen molar-refractivity contribution in [2.24, 2.45) is 0 Å². The third-order valence-electron chi connectivity index (χ3n) is 2.98. The van der Waals surface area contributed by atoms with Gasteiger partial charge in [0.25, 0.3) is 0 Å². The first-order valence-corrected chi connectivity index (χ1v) is 7.43. The number of benzene rings is 1. The topological polar surface area (TPSA) is 81.3 Å². The smallest absolute Gasteiger partial charge is 0.231 e. The van der Waals surface area contributed by atoms with Crippen molar-refractivity contribution >= 4 is 9.84 Å². The molecule has 1 aromatic carbocycles. The number of aromatic nitrogens is 2. The Morgan fingerprint density at radius 1 is 1.32 bits per heavy atom. The number of hydrogen-bond donors (Lipinski definition) is 1. The lowest BCUT2D eigenvalue weighted by molar-refractivity contribution is 0.174. The molecule has 0 saturated heterocycles. The molecule has 1 N–H and O–H groups in total. The maximum absolute atomic E-state index is 12.0. The van der Waals surface area contributed by atoms with E-state index in [-0.39, 0.29) is 17.6 Å². The highest BCUT2D eigenvalue weighted by Gasteiger charge is 2.22. The zero-order valence-electron chi connectivity index (χ0n) is 10.2. The molecule has 0 unspecified atom stereocenters. The van der Waals surface area contributed by atoms with E-state index >= 15 is 0 Å². The number of rotatable bonds is 3. The van der Waals surface area contributed by atoms with Crippen molar-refractivity contribution in [3.63, 3.8) is 0 Å². The van der Waals surface area contributed by atoms with Crippen molar-refractivity contribution in [2.45, 2.75) is 11.9 Å². The van der Waals surface area contributed by atoms with Crippen molar-refractivity contribution in [1.82, 2.24) is 10.2 Å². The van der Waals surface area contributed by atoms with Gasteiger partial charge in [0.05, 0.1) is 11.9 Å². The van der Waals surface area contributed by atoms with Crippen LogP contribution in [0.5, 0.6) is 11.5 Å². The SMILES string of the molecule is CCS(=O)(=O)c1[nH]ncc1-c1ccc2c(c1)OCO2. The number of fused-ring (bicyclic) bond motifs is 1. The largest absolute Gasteiger partial charge is 0.454 e. The molecule has 3 rings (SSSR count). The first kappa shape index (κ1) is 12.0. The van der Waals surface area contributed by atoms with Gasteiger partial charge in [0.15, 0.2) is 26.4 Å². The standard InChI is InChI=1S/C12H12N2O4S/c1-2-19(15,16)12-9(6-13-14-12)8-3-4-10-11(5-8)18-7-17-10/h3-6H,2,7H2,1H3,(H,13,14). The van der Waals surface area contributed by atoms with E-state index in [1.807, 2.05) is 0 Å². The molecule has 1 aliphatic heterocycles. The number of hydrogen-bond acceptors (Lipinski definition) is 5. The Bertz CT molecular complexity index is 721. The Hall–Kier alpha value is -2.02. The minimum Gasteiger partial charge on any atom is -0.454 e. The second kappa shape index (κ2) is 4.27. The minimum atomic E-state index is -3.34. The number of sulfone groups is 1. The number of ether oxygens (including phenoxy) is 2. The number of H-pyrrole nitrogens is 1. The molecule has 2 aromatic rings. The molecule has 100 valence electrons. The van der Waals surface area contributed by atoms with Crippen LogP contribution in [0, 0.1) is 0 Å². The first-order valence-electron chi connectivity index (χ1n) is 5.78. The summed E-state index contributed by atoms with van der Waals surface area (Å²) in [5, 5.41) is 6.52. The normalized spacial score (nSPS) is 13.7. The van der Waals surface area contributed by atoms with Crippen LogP contribution in [0.1, 0.15) is 6.92 Å². The van der Waals surface area contributed by atoms with Crippen LogP contribution in [-0.4, -0.2) is 31.2 Å². The average molecular weight is 280 g/mol. The Labute approximate surface area is 110 Å². The third kappa shape index (κ3) is 1.95. The molecular formula is C12H12N2O4S. The van der Waals surface area contributed by atoms with Gasteiger partial charge in [0.2, 0.25) is 6.79 Å². The summed E-state index contributed by atoms with van der Waals surface area (Å²) in [5.41, 5.74) is 1.27. The van der Waals surface area contributed by atoms with E-state index in [0.29, 0.717) is 17.1 Å². The molecule has 0 amide bonds. The van der Waals surface area contributed by atoms with Gasteiger partial charge in [0.1, 0.15) is 0 Å². The molecule has 2 heterocycles. The van der Waals surface area contributed by atoms with Crippen LogP contribution < -0.4 is 9.47 Å². The fourth-order valence-electron chi connectivity index (χ4n) is 1.93. The Morgan fingerprint density at radius 2 is 2.11 bits per heavy atom. The van der Waals surface area contributed by atoms with Gasteiger partial charge in [-0.2, -0.15) is 5.10 Å². The van der Waals surface area contributed by atoms with Crippen molar-refractivity contribution in [3.8, 4) is 22.6 Å². The van der Waals surface area contributed by atoms with Crippen LogP contribution in [0.3, 0.4) is 0 Å². The summed E-state index contributed by atoms with van der Waals surface area (Å²) >= 11 is 0. The lowest BCUT2D eigenvalue weighted by Crippen LogP contribution is -2.05. The molecule has 1 aromatic heterocycles. The molecule has 0 radical (unpaired) electrons. The van der Waals surface area contributed by atoms with Gasteiger partial charge in [-0.25, -0.2) is 8.42 Å². The van der Waals surface area contributed by atoms with Crippen molar-refractivity contribution in [2.75, 3.05) is 12.5 Å². The van der Waals surface area contributed by atoms with Gasteiger partial charge in [-0.05, 0) is 17.7 Å².